The molecule has 150 valence electrons. The molecule has 0 aliphatic rings. The molecular formula is C19H30IN5O2. The van der Waals surface area contributed by atoms with Gasteiger partial charge in [-0.3, -0.25) is 4.68 Å². The predicted molar refractivity (Wildman–Crippen MR) is 119 cm³/mol. The van der Waals surface area contributed by atoms with Crippen LogP contribution in [0.15, 0.2) is 29.3 Å². The van der Waals surface area contributed by atoms with Gasteiger partial charge in [0.2, 0.25) is 0 Å². The van der Waals surface area contributed by atoms with Crippen molar-refractivity contribution in [3.8, 4) is 5.75 Å². The van der Waals surface area contributed by atoms with Gasteiger partial charge in [-0.1, -0.05) is 12.1 Å². The monoisotopic (exact) mass is 487 g/mol. The minimum absolute atomic E-state index is 0. The van der Waals surface area contributed by atoms with Crippen LogP contribution in [0.5, 0.6) is 5.75 Å². The van der Waals surface area contributed by atoms with Gasteiger partial charge in [0.25, 0.3) is 0 Å². The molecule has 0 spiro atoms. The van der Waals surface area contributed by atoms with Gasteiger partial charge in [0.15, 0.2) is 5.96 Å². The minimum atomic E-state index is -0.657. The van der Waals surface area contributed by atoms with Crippen molar-refractivity contribution in [3.63, 3.8) is 0 Å². The summed E-state index contributed by atoms with van der Waals surface area (Å²) in [6, 6.07) is 7.43. The van der Waals surface area contributed by atoms with E-state index < -0.39 is 6.10 Å². The number of methoxy groups -OCH3 is 1. The number of guanidine groups is 1. The van der Waals surface area contributed by atoms with E-state index in [1.165, 1.54) is 0 Å². The average Bonchev–Trinajstić information content (AvgIpc) is 2.89. The van der Waals surface area contributed by atoms with E-state index in [4.69, 9.17) is 4.74 Å². The number of nitrogens with zero attached hydrogens (tertiary/aromatic N) is 3. The van der Waals surface area contributed by atoms with E-state index in [-0.39, 0.29) is 24.0 Å². The summed E-state index contributed by atoms with van der Waals surface area (Å²) in [7, 11) is 3.55. The van der Waals surface area contributed by atoms with Crippen LogP contribution in [0, 0.1) is 13.8 Å². The molecule has 7 nitrogen and oxygen atoms in total. The number of ether oxygens (including phenoxy) is 1. The number of halogens is 1. The fraction of sp³-hybridized carbons (Fsp3) is 0.474. The van der Waals surface area contributed by atoms with Gasteiger partial charge in [-0.15, -0.1) is 24.0 Å². The molecule has 0 saturated carbocycles. The first kappa shape index (κ1) is 23.2. The van der Waals surface area contributed by atoms with Gasteiger partial charge in [0, 0.05) is 31.4 Å². The lowest BCUT2D eigenvalue weighted by Crippen LogP contribution is -2.39. The number of aliphatic imine (C=N–C) groups is 1. The summed E-state index contributed by atoms with van der Waals surface area (Å²) in [5, 5.41) is 21.2. The molecule has 2 rings (SSSR count). The highest BCUT2D eigenvalue weighted by atomic mass is 127. The number of aromatic nitrogens is 2. The summed E-state index contributed by atoms with van der Waals surface area (Å²) in [5.74, 6) is 1.39. The number of nitrogens with one attached hydrogen (secondary N) is 2. The predicted octanol–water partition coefficient (Wildman–Crippen LogP) is 2.45. The molecule has 1 heterocycles. The fourth-order valence-corrected chi connectivity index (χ4v) is 2.71. The lowest BCUT2D eigenvalue weighted by Gasteiger charge is -2.16. The molecule has 1 unspecified atom stereocenters. The quantitative estimate of drug-likeness (QED) is 0.318. The zero-order chi connectivity index (χ0) is 19.1. The van der Waals surface area contributed by atoms with Crippen LogP contribution in [0.4, 0.5) is 0 Å². The third-order valence-electron chi connectivity index (χ3n) is 4.34. The van der Waals surface area contributed by atoms with Crippen LogP contribution >= 0.6 is 24.0 Å². The summed E-state index contributed by atoms with van der Waals surface area (Å²) in [6.07, 6.45) is -0.657. The summed E-state index contributed by atoms with van der Waals surface area (Å²) in [4.78, 5) is 4.62. The SMILES string of the molecule is CCNC(=NCc1c(C)nn(C)c1C)NCC(O)c1cccc(OC)c1.I. The lowest BCUT2D eigenvalue weighted by atomic mass is 10.1. The van der Waals surface area contributed by atoms with E-state index in [0.29, 0.717) is 19.0 Å². The standard InChI is InChI=1S/C19H29N5O2.HI/c1-6-20-19(21-11-17-13(2)23-24(4)14(17)3)22-12-18(25)15-8-7-9-16(10-15)26-5;/h7-10,18,25H,6,11-12H2,1-5H3,(H2,20,21,22);1H. The van der Waals surface area contributed by atoms with Crippen molar-refractivity contribution >= 4 is 29.9 Å². The second kappa shape index (κ2) is 11.1. The van der Waals surface area contributed by atoms with Crippen LogP contribution in [-0.4, -0.2) is 41.0 Å². The van der Waals surface area contributed by atoms with Crippen molar-refractivity contribution in [2.24, 2.45) is 12.0 Å². The van der Waals surface area contributed by atoms with Crippen LogP contribution in [0.3, 0.4) is 0 Å². The molecule has 1 atom stereocenters. The van der Waals surface area contributed by atoms with Crippen molar-refractivity contribution in [2.75, 3.05) is 20.2 Å². The Morgan fingerprint density at radius 2 is 2.07 bits per heavy atom. The van der Waals surface area contributed by atoms with Crippen molar-refractivity contribution in [1.82, 2.24) is 20.4 Å². The normalized spacial score (nSPS) is 12.3. The first-order valence-electron chi connectivity index (χ1n) is 8.79. The van der Waals surface area contributed by atoms with Gasteiger partial charge >= 0.3 is 0 Å². The maximum absolute atomic E-state index is 10.4. The summed E-state index contributed by atoms with van der Waals surface area (Å²) < 4.78 is 7.07. The first-order chi connectivity index (χ1) is 12.5. The number of aliphatic hydroxyl groups excluding tert-OH is 1. The van der Waals surface area contributed by atoms with Crippen molar-refractivity contribution in [2.45, 2.75) is 33.4 Å². The Kier molecular flexibility index (Phi) is 9.57. The second-order valence-electron chi connectivity index (χ2n) is 6.14. The Bertz CT molecular complexity index is 761. The van der Waals surface area contributed by atoms with Crippen molar-refractivity contribution < 1.29 is 9.84 Å². The molecule has 0 aliphatic carbocycles. The molecule has 3 N–H and O–H groups in total. The van der Waals surface area contributed by atoms with Gasteiger partial charge < -0.3 is 20.5 Å². The van der Waals surface area contributed by atoms with Crippen molar-refractivity contribution in [1.29, 1.82) is 0 Å². The molecule has 2 aromatic rings. The lowest BCUT2D eigenvalue weighted by molar-refractivity contribution is 0.180. The van der Waals surface area contributed by atoms with Crippen LogP contribution in [0.1, 0.15) is 35.5 Å². The third-order valence-corrected chi connectivity index (χ3v) is 4.34. The highest BCUT2D eigenvalue weighted by Gasteiger charge is 2.11. The van der Waals surface area contributed by atoms with Crippen LogP contribution in [0.25, 0.3) is 0 Å². The smallest absolute Gasteiger partial charge is 0.191 e. The largest absolute Gasteiger partial charge is 0.497 e. The van der Waals surface area contributed by atoms with E-state index in [1.807, 2.05) is 56.8 Å². The van der Waals surface area contributed by atoms with Gasteiger partial charge in [0.05, 0.1) is 25.5 Å². The van der Waals surface area contributed by atoms with Crippen LogP contribution in [-0.2, 0) is 13.6 Å². The van der Waals surface area contributed by atoms with Crippen LogP contribution < -0.4 is 15.4 Å². The molecule has 8 heteroatoms. The first-order valence-corrected chi connectivity index (χ1v) is 8.79. The molecule has 0 aliphatic heterocycles. The van der Waals surface area contributed by atoms with E-state index in [0.717, 1.165) is 34.8 Å². The zero-order valence-electron chi connectivity index (χ0n) is 16.6. The number of hydrogen-bond donors (Lipinski definition) is 3. The molecule has 0 bridgehead atoms. The highest BCUT2D eigenvalue weighted by Crippen LogP contribution is 2.18. The summed E-state index contributed by atoms with van der Waals surface area (Å²) in [6.45, 7) is 7.67. The minimum Gasteiger partial charge on any atom is -0.497 e. The number of aliphatic hydroxyl groups is 1. The Labute approximate surface area is 178 Å². The second-order valence-corrected chi connectivity index (χ2v) is 6.14. The topological polar surface area (TPSA) is 83.7 Å². The number of aryl methyl sites for hydroxylation is 2. The van der Waals surface area contributed by atoms with Crippen LogP contribution in [0.2, 0.25) is 0 Å². The van der Waals surface area contributed by atoms with E-state index in [1.54, 1.807) is 7.11 Å². The fourth-order valence-electron chi connectivity index (χ4n) is 2.71. The molecule has 1 aromatic carbocycles. The van der Waals surface area contributed by atoms with E-state index in [2.05, 4.69) is 20.7 Å². The Hall–Kier alpha value is -1.81. The number of benzene rings is 1. The maximum atomic E-state index is 10.4. The average molecular weight is 487 g/mol. The molecule has 1 aromatic heterocycles. The van der Waals surface area contributed by atoms with Gasteiger partial charge in [0.1, 0.15) is 5.75 Å². The van der Waals surface area contributed by atoms with Gasteiger partial charge in [-0.2, -0.15) is 5.10 Å². The zero-order valence-corrected chi connectivity index (χ0v) is 18.9. The third kappa shape index (κ3) is 6.39. The van der Waals surface area contributed by atoms with Gasteiger partial charge in [-0.25, -0.2) is 4.99 Å². The molecule has 0 fully saturated rings. The molecule has 0 amide bonds. The number of hydrogen-bond acceptors (Lipinski definition) is 4. The highest BCUT2D eigenvalue weighted by molar-refractivity contribution is 14.0. The molecule has 0 radical (unpaired) electrons. The van der Waals surface area contributed by atoms with E-state index in [9.17, 15) is 5.11 Å². The summed E-state index contributed by atoms with van der Waals surface area (Å²) in [5.41, 5.74) is 4.02. The Balaban J connectivity index is 0.00000364. The maximum Gasteiger partial charge on any atom is 0.191 e. The number of rotatable bonds is 7. The molecule has 0 saturated heterocycles. The van der Waals surface area contributed by atoms with Gasteiger partial charge in [-0.05, 0) is 38.5 Å². The Morgan fingerprint density at radius 1 is 1.33 bits per heavy atom. The molecular weight excluding hydrogens is 457 g/mol. The molecule has 27 heavy (non-hydrogen) atoms. The Morgan fingerprint density at radius 3 is 2.67 bits per heavy atom. The summed E-state index contributed by atoms with van der Waals surface area (Å²) >= 11 is 0. The van der Waals surface area contributed by atoms with Crippen molar-refractivity contribution in [3.05, 3.63) is 46.8 Å². The van der Waals surface area contributed by atoms with E-state index >= 15 is 0 Å².